The number of nitrogen functional groups attached to an aromatic ring is 1. The standard InChI is InChI=1S/C22H27F3N4O4/c1-21(2,3)33-20(31)28-10-9-15-16(11-28)27-19(26)29(18(15)30)17(12-32-13-22(23,24)25)14-7-5-4-6-8-14/h4-8,17H,9-13H2,1-3H3,(H2,26,27). The van der Waals surface area contributed by atoms with E-state index in [1.54, 1.807) is 51.1 Å². The number of halogens is 3. The minimum Gasteiger partial charge on any atom is -0.444 e. The van der Waals surface area contributed by atoms with Gasteiger partial charge in [-0.05, 0) is 32.8 Å². The summed E-state index contributed by atoms with van der Waals surface area (Å²) in [4.78, 5) is 31.5. The lowest BCUT2D eigenvalue weighted by Gasteiger charge is -2.31. The Morgan fingerprint density at radius 3 is 2.48 bits per heavy atom. The molecule has 0 saturated heterocycles. The number of nitrogens with zero attached hydrogens (tertiary/aromatic N) is 3. The van der Waals surface area contributed by atoms with Crippen LogP contribution in [0.15, 0.2) is 35.1 Å². The predicted molar refractivity (Wildman–Crippen MR) is 115 cm³/mol. The van der Waals surface area contributed by atoms with Gasteiger partial charge in [0.05, 0.1) is 24.9 Å². The Morgan fingerprint density at radius 2 is 1.88 bits per heavy atom. The fourth-order valence-electron chi connectivity index (χ4n) is 3.59. The van der Waals surface area contributed by atoms with Gasteiger partial charge < -0.3 is 20.1 Å². The minimum absolute atomic E-state index is 0.0467. The molecule has 1 aromatic carbocycles. The maximum absolute atomic E-state index is 13.3. The van der Waals surface area contributed by atoms with Gasteiger partial charge in [0.1, 0.15) is 12.2 Å². The summed E-state index contributed by atoms with van der Waals surface area (Å²) < 4.78 is 49.3. The molecule has 0 radical (unpaired) electrons. The summed E-state index contributed by atoms with van der Waals surface area (Å²) in [5, 5.41) is 0. The van der Waals surface area contributed by atoms with Gasteiger partial charge in [0.25, 0.3) is 5.56 Å². The van der Waals surface area contributed by atoms with E-state index in [9.17, 15) is 22.8 Å². The van der Waals surface area contributed by atoms with Crippen LogP contribution in [0.4, 0.5) is 23.9 Å². The van der Waals surface area contributed by atoms with Crippen molar-refractivity contribution in [3.63, 3.8) is 0 Å². The molecule has 33 heavy (non-hydrogen) atoms. The highest BCUT2D eigenvalue weighted by atomic mass is 19.4. The van der Waals surface area contributed by atoms with E-state index in [2.05, 4.69) is 4.98 Å². The molecule has 1 aromatic heterocycles. The molecule has 2 heterocycles. The van der Waals surface area contributed by atoms with Crippen LogP contribution in [0.1, 0.15) is 43.6 Å². The number of carbonyl (C=O) groups is 1. The molecule has 0 fully saturated rings. The van der Waals surface area contributed by atoms with Gasteiger partial charge in [-0.25, -0.2) is 9.78 Å². The molecular formula is C22H27F3N4O4. The fraction of sp³-hybridized carbons (Fsp3) is 0.500. The van der Waals surface area contributed by atoms with E-state index < -0.39 is 42.7 Å². The first-order chi connectivity index (χ1) is 15.4. The van der Waals surface area contributed by atoms with Crippen molar-refractivity contribution in [3.8, 4) is 0 Å². The lowest BCUT2D eigenvalue weighted by atomic mass is 10.0. The summed E-state index contributed by atoms with van der Waals surface area (Å²) in [7, 11) is 0. The zero-order chi connectivity index (χ0) is 24.4. The summed E-state index contributed by atoms with van der Waals surface area (Å²) in [6.45, 7) is 3.67. The molecular weight excluding hydrogens is 441 g/mol. The molecule has 1 atom stereocenters. The lowest BCUT2D eigenvalue weighted by Crippen LogP contribution is -2.44. The number of ether oxygens (including phenoxy) is 2. The summed E-state index contributed by atoms with van der Waals surface area (Å²) in [5.41, 5.74) is 6.22. The van der Waals surface area contributed by atoms with E-state index in [1.165, 1.54) is 4.90 Å². The van der Waals surface area contributed by atoms with Crippen LogP contribution in [-0.2, 0) is 22.4 Å². The first-order valence-electron chi connectivity index (χ1n) is 10.4. The van der Waals surface area contributed by atoms with Crippen LogP contribution in [0.5, 0.6) is 0 Å². The maximum Gasteiger partial charge on any atom is 0.411 e. The molecule has 2 N–H and O–H groups in total. The Labute approximate surface area is 189 Å². The van der Waals surface area contributed by atoms with Crippen LogP contribution in [0, 0.1) is 0 Å². The van der Waals surface area contributed by atoms with Crippen molar-refractivity contribution in [2.75, 3.05) is 25.5 Å². The molecule has 3 rings (SSSR count). The summed E-state index contributed by atoms with van der Waals surface area (Å²) in [6.07, 6.45) is -4.82. The fourth-order valence-corrected chi connectivity index (χ4v) is 3.59. The van der Waals surface area contributed by atoms with Gasteiger partial charge in [-0.1, -0.05) is 30.3 Å². The topological polar surface area (TPSA) is 99.7 Å². The van der Waals surface area contributed by atoms with E-state index >= 15 is 0 Å². The number of hydrogen-bond acceptors (Lipinski definition) is 6. The normalized spacial score (nSPS) is 15.2. The van der Waals surface area contributed by atoms with Crippen molar-refractivity contribution in [1.29, 1.82) is 0 Å². The highest BCUT2D eigenvalue weighted by Gasteiger charge is 2.32. The number of aromatic nitrogens is 2. The zero-order valence-electron chi connectivity index (χ0n) is 18.7. The van der Waals surface area contributed by atoms with E-state index in [1.807, 2.05) is 0 Å². The molecule has 8 nitrogen and oxygen atoms in total. The summed E-state index contributed by atoms with van der Waals surface area (Å²) in [5.74, 6) is -0.172. The smallest absolute Gasteiger partial charge is 0.411 e. The Kier molecular flexibility index (Phi) is 7.01. The van der Waals surface area contributed by atoms with Crippen LogP contribution in [0.2, 0.25) is 0 Å². The molecule has 0 saturated carbocycles. The van der Waals surface area contributed by atoms with Crippen molar-refractivity contribution >= 4 is 12.0 Å². The molecule has 1 unspecified atom stereocenters. The summed E-state index contributed by atoms with van der Waals surface area (Å²) >= 11 is 0. The quantitative estimate of drug-likeness (QED) is 0.723. The summed E-state index contributed by atoms with van der Waals surface area (Å²) in [6, 6.07) is 7.62. The third-order valence-corrected chi connectivity index (χ3v) is 4.98. The molecule has 1 amide bonds. The number of carbonyl (C=O) groups excluding carboxylic acids is 1. The van der Waals surface area contributed by atoms with Crippen LogP contribution < -0.4 is 11.3 Å². The number of anilines is 1. The monoisotopic (exact) mass is 468 g/mol. The van der Waals surface area contributed by atoms with E-state index in [0.29, 0.717) is 16.8 Å². The zero-order valence-corrected chi connectivity index (χ0v) is 18.7. The third kappa shape index (κ3) is 6.25. The average molecular weight is 468 g/mol. The van der Waals surface area contributed by atoms with Crippen LogP contribution in [-0.4, -0.2) is 52.1 Å². The second kappa shape index (κ2) is 9.42. The predicted octanol–water partition coefficient (Wildman–Crippen LogP) is 3.29. The molecule has 11 heteroatoms. The van der Waals surface area contributed by atoms with Gasteiger partial charge in [-0.3, -0.25) is 9.36 Å². The number of rotatable bonds is 5. The van der Waals surface area contributed by atoms with E-state index in [0.717, 1.165) is 4.57 Å². The van der Waals surface area contributed by atoms with Crippen molar-refractivity contribution < 1.29 is 27.4 Å². The number of nitrogens with two attached hydrogens (primary N) is 1. The molecule has 2 aromatic rings. The van der Waals surface area contributed by atoms with Crippen molar-refractivity contribution in [1.82, 2.24) is 14.5 Å². The van der Waals surface area contributed by atoms with Gasteiger partial charge in [-0.15, -0.1) is 0 Å². The average Bonchev–Trinajstić information content (AvgIpc) is 2.70. The number of amides is 1. The highest BCUT2D eigenvalue weighted by molar-refractivity contribution is 5.68. The third-order valence-electron chi connectivity index (χ3n) is 4.98. The lowest BCUT2D eigenvalue weighted by molar-refractivity contribution is -0.175. The van der Waals surface area contributed by atoms with Crippen molar-refractivity contribution in [2.24, 2.45) is 0 Å². The Hall–Kier alpha value is -3.08. The van der Waals surface area contributed by atoms with Gasteiger partial charge in [-0.2, -0.15) is 13.2 Å². The number of alkyl halides is 3. The molecule has 180 valence electrons. The molecule has 1 aliphatic heterocycles. The molecule has 0 bridgehead atoms. The van der Waals surface area contributed by atoms with Crippen molar-refractivity contribution in [3.05, 3.63) is 57.5 Å². The highest BCUT2D eigenvalue weighted by Crippen LogP contribution is 2.24. The van der Waals surface area contributed by atoms with Crippen LogP contribution >= 0.6 is 0 Å². The Balaban J connectivity index is 1.93. The van der Waals surface area contributed by atoms with Crippen molar-refractivity contribution in [2.45, 2.75) is 51.6 Å². The van der Waals surface area contributed by atoms with Crippen LogP contribution in [0.3, 0.4) is 0 Å². The second-order valence-electron chi connectivity index (χ2n) is 8.78. The van der Waals surface area contributed by atoms with Gasteiger partial charge in [0, 0.05) is 12.1 Å². The van der Waals surface area contributed by atoms with Gasteiger partial charge in [0.2, 0.25) is 5.95 Å². The minimum atomic E-state index is -4.50. The van der Waals surface area contributed by atoms with Gasteiger partial charge >= 0.3 is 12.3 Å². The Bertz CT molecular complexity index is 1050. The largest absolute Gasteiger partial charge is 0.444 e. The number of benzene rings is 1. The first kappa shape index (κ1) is 24.6. The molecule has 1 aliphatic rings. The van der Waals surface area contributed by atoms with Crippen LogP contribution in [0.25, 0.3) is 0 Å². The molecule has 0 aliphatic carbocycles. The number of fused-ring (bicyclic) bond motifs is 1. The first-order valence-corrected chi connectivity index (χ1v) is 10.4. The SMILES string of the molecule is CC(C)(C)OC(=O)N1CCc2c(nc(N)n(C(COCC(F)(F)F)c3ccccc3)c2=O)C1. The Morgan fingerprint density at radius 1 is 1.21 bits per heavy atom. The van der Waals surface area contributed by atoms with Gasteiger partial charge in [0.15, 0.2) is 0 Å². The second-order valence-corrected chi connectivity index (χ2v) is 8.78. The van der Waals surface area contributed by atoms with E-state index in [4.69, 9.17) is 15.2 Å². The molecule has 0 spiro atoms. The maximum atomic E-state index is 13.3. The number of hydrogen-bond donors (Lipinski definition) is 1. The van der Waals surface area contributed by atoms with E-state index in [-0.39, 0.29) is 25.5 Å².